The van der Waals surface area contributed by atoms with Crippen LogP contribution in [0.4, 0.5) is 15.1 Å². The first-order valence-corrected chi connectivity index (χ1v) is 8.26. The predicted octanol–water partition coefficient (Wildman–Crippen LogP) is 3.48. The van der Waals surface area contributed by atoms with Crippen LogP contribution in [0.3, 0.4) is 0 Å². The lowest BCUT2D eigenvalue weighted by molar-refractivity contribution is 0.201. The maximum atomic E-state index is 13.6. The predicted molar refractivity (Wildman–Crippen MR) is 91.6 cm³/mol. The van der Waals surface area contributed by atoms with Gasteiger partial charge in [-0.25, -0.2) is 13.7 Å². The Balaban J connectivity index is 1.57. The highest BCUT2D eigenvalue weighted by atomic mass is 19.1. The van der Waals surface area contributed by atoms with Crippen molar-refractivity contribution in [2.45, 2.75) is 19.4 Å². The van der Waals surface area contributed by atoms with Crippen LogP contribution in [-0.4, -0.2) is 32.1 Å². The zero-order valence-corrected chi connectivity index (χ0v) is 13.8. The molecule has 0 aliphatic carbocycles. The summed E-state index contributed by atoms with van der Waals surface area (Å²) in [7, 11) is 0. The molecule has 1 aromatic carbocycles. The van der Waals surface area contributed by atoms with Crippen molar-refractivity contribution in [3.63, 3.8) is 0 Å². The second kappa shape index (κ2) is 6.16. The first-order chi connectivity index (χ1) is 12.1. The molecule has 1 N–H and O–H groups in total. The molecule has 1 aliphatic rings. The number of hydrogen-bond donors (Lipinski definition) is 1. The smallest absolute Gasteiger partial charge is 0.317 e. The van der Waals surface area contributed by atoms with Gasteiger partial charge in [0.25, 0.3) is 5.95 Å². The van der Waals surface area contributed by atoms with Crippen LogP contribution < -0.4 is 5.32 Å². The highest BCUT2D eigenvalue weighted by molar-refractivity contribution is 5.88. The molecule has 4 rings (SSSR count). The van der Waals surface area contributed by atoms with Crippen LogP contribution in [0.1, 0.15) is 24.9 Å². The number of nitrogens with zero attached hydrogens (tertiary/aromatic N) is 4. The number of pyridine rings is 1. The Morgan fingerprint density at radius 2 is 2.16 bits per heavy atom. The van der Waals surface area contributed by atoms with E-state index in [0.717, 1.165) is 12.0 Å². The monoisotopic (exact) mass is 339 g/mol. The fourth-order valence-electron chi connectivity index (χ4n) is 3.43. The largest absolute Gasteiger partial charge is 0.324 e. The van der Waals surface area contributed by atoms with Crippen molar-refractivity contribution in [3.8, 4) is 0 Å². The lowest BCUT2D eigenvalue weighted by atomic mass is 9.95. The third-order valence-corrected chi connectivity index (χ3v) is 4.61. The van der Waals surface area contributed by atoms with Crippen LogP contribution in [0, 0.1) is 11.7 Å². The van der Waals surface area contributed by atoms with Crippen molar-refractivity contribution in [3.05, 3.63) is 60.0 Å². The molecule has 7 heteroatoms. The van der Waals surface area contributed by atoms with Crippen molar-refractivity contribution in [2.24, 2.45) is 5.92 Å². The molecule has 3 heterocycles. The van der Waals surface area contributed by atoms with Gasteiger partial charge >= 0.3 is 6.03 Å². The highest BCUT2D eigenvalue weighted by Gasteiger charge is 2.36. The van der Waals surface area contributed by atoms with E-state index in [1.165, 1.54) is 12.1 Å². The summed E-state index contributed by atoms with van der Waals surface area (Å²) in [5.41, 5.74) is 1.47. The molecular weight excluding hydrogens is 321 g/mol. The minimum absolute atomic E-state index is 0.160. The molecule has 2 atom stereocenters. The number of rotatable bonds is 2. The molecule has 1 aliphatic heterocycles. The summed E-state index contributed by atoms with van der Waals surface area (Å²) >= 11 is 0. The Hall–Kier alpha value is -2.96. The molecular formula is C18H18FN5O. The van der Waals surface area contributed by atoms with E-state index in [2.05, 4.69) is 22.3 Å². The van der Waals surface area contributed by atoms with Gasteiger partial charge in [0.05, 0.1) is 6.04 Å². The van der Waals surface area contributed by atoms with Crippen molar-refractivity contribution < 1.29 is 9.18 Å². The Morgan fingerprint density at radius 1 is 1.28 bits per heavy atom. The first-order valence-electron chi connectivity index (χ1n) is 8.26. The summed E-state index contributed by atoms with van der Waals surface area (Å²) in [4.78, 5) is 18.8. The normalized spacial score (nSPS) is 20.2. The Kier molecular flexibility index (Phi) is 3.83. The van der Waals surface area contributed by atoms with Crippen molar-refractivity contribution in [1.29, 1.82) is 0 Å². The topological polar surface area (TPSA) is 62.5 Å². The number of aromatic nitrogens is 3. The Morgan fingerprint density at radius 3 is 2.96 bits per heavy atom. The Labute approximate surface area is 144 Å². The zero-order valence-electron chi connectivity index (χ0n) is 13.8. The van der Waals surface area contributed by atoms with Crippen LogP contribution >= 0.6 is 0 Å². The molecule has 128 valence electrons. The van der Waals surface area contributed by atoms with Gasteiger partial charge in [-0.1, -0.05) is 25.1 Å². The van der Waals surface area contributed by atoms with E-state index >= 15 is 0 Å². The van der Waals surface area contributed by atoms with E-state index in [9.17, 15) is 9.18 Å². The molecule has 25 heavy (non-hydrogen) atoms. The van der Waals surface area contributed by atoms with Crippen molar-refractivity contribution in [2.75, 3.05) is 11.9 Å². The molecule has 6 nitrogen and oxygen atoms in total. The van der Waals surface area contributed by atoms with Crippen LogP contribution in [-0.2, 0) is 0 Å². The molecule has 0 unspecified atom stereocenters. The highest BCUT2D eigenvalue weighted by Crippen LogP contribution is 2.37. The molecule has 0 radical (unpaired) electrons. The SMILES string of the molecule is C[C@H]1CCN(C(=O)Nc2nc3ccccn3n2)[C@@H]1c1cccc(F)c1. The number of urea groups is 1. The fraction of sp³-hybridized carbons (Fsp3) is 0.278. The number of amides is 2. The molecule has 0 spiro atoms. The Bertz CT molecular complexity index is 891. The molecule has 3 aromatic rings. The van der Waals surface area contributed by atoms with E-state index in [-0.39, 0.29) is 29.8 Å². The standard InChI is InChI=1S/C18H18FN5O/c1-12-8-10-23(16(12)13-5-4-6-14(19)11-13)18(25)21-17-20-15-7-2-3-9-24(15)22-17/h2-7,9,11-12,16H,8,10H2,1H3,(H,21,22,25)/t12-,16-/m0/s1. The average Bonchev–Trinajstić information content (AvgIpc) is 3.17. The summed E-state index contributed by atoms with van der Waals surface area (Å²) in [5, 5.41) is 7.00. The third kappa shape index (κ3) is 2.93. The number of fused-ring (bicyclic) bond motifs is 1. The molecule has 2 amide bonds. The minimum Gasteiger partial charge on any atom is -0.317 e. The van der Waals surface area contributed by atoms with Gasteiger partial charge in [-0.2, -0.15) is 4.98 Å². The number of benzene rings is 1. The summed E-state index contributed by atoms with van der Waals surface area (Å²) in [6.45, 7) is 2.69. The van der Waals surface area contributed by atoms with E-state index in [4.69, 9.17) is 0 Å². The number of carbonyl (C=O) groups excluding carboxylic acids is 1. The van der Waals surface area contributed by atoms with Gasteiger partial charge in [0.15, 0.2) is 5.65 Å². The van der Waals surface area contributed by atoms with Gasteiger partial charge in [0.1, 0.15) is 5.82 Å². The third-order valence-electron chi connectivity index (χ3n) is 4.61. The number of anilines is 1. The summed E-state index contributed by atoms with van der Waals surface area (Å²) in [6, 6.07) is 11.5. The fourth-order valence-corrected chi connectivity index (χ4v) is 3.43. The van der Waals surface area contributed by atoms with E-state index < -0.39 is 0 Å². The second-order valence-corrected chi connectivity index (χ2v) is 6.33. The van der Waals surface area contributed by atoms with Gasteiger partial charge in [-0.05, 0) is 42.2 Å². The van der Waals surface area contributed by atoms with Crippen LogP contribution in [0.5, 0.6) is 0 Å². The lowest BCUT2D eigenvalue weighted by Gasteiger charge is -2.27. The van der Waals surface area contributed by atoms with E-state index in [0.29, 0.717) is 12.2 Å². The van der Waals surface area contributed by atoms with Crippen LogP contribution in [0.25, 0.3) is 5.65 Å². The molecule has 1 saturated heterocycles. The molecule has 0 saturated carbocycles. The van der Waals surface area contributed by atoms with Crippen LogP contribution in [0.15, 0.2) is 48.7 Å². The molecule has 0 bridgehead atoms. The maximum Gasteiger partial charge on any atom is 0.324 e. The number of nitrogens with one attached hydrogen (secondary N) is 1. The van der Waals surface area contributed by atoms with Crippen LogP contribution in [0.2, 0.25) is 0 Å². The van der Waals surface area contributed by atoms with Crippen molar-refractivity contribution in [1.82, 2.24) is 19.5 Å². The van der Waals surface area contributed by atoms with E-state index in [1.807, 2.05) is 24.3 Å². The van der Waals surface area contributed by atoms with Gasteiger partial charge in [-0.15, -0.1) is 5.10 Å². The number of carbonyl (C=O) groups is 1. The van der Waals surface area contributed by atoms with Gasteiger partial charge in [-0.3, -0.25) is 5.32 Å². The van der Waals surface area contributed by atoms with Gasteiger partial charge < -0.3 is 4.90 Å². The summed E-state index contributed by atoms with van der Waals surface area (Å²) in [6.07, 6.45) is 2.64. The number of hydrogen-bond acceptors (Lipinski definition) is 3. The molecule has 1 fully saturated rings. The number of halogens is 1. The zero-order chi connectivity index (χ0) is 17.4. The second-order valence-electron chi connectivity index (χ2n) is 6.33. The average molecular weight is 339 g/mol. The lowest BCUT2D eigenvalue weighted by Crippen LogP contribution is -2.35. The summed E-state index contributed by atoms with van der Waals surface area (Å²) < 4.78 is 15.2. The first kappa shape index (κ1) is 15.6. The minimum atomic E-state index is -0.293. The van der Waals surface area contributed by atoms with Gasteiger partial charge in [0.2, 0.25) is 0 Å². The summed E-state index contributed by atoms with van der Waals surface area (Å²) in [5.74, 6) is 0.217. The number of likely N-dealkylation sites (tertiary alicyclic amines) is 1. The molecule has 2 aromatic heterocycles. The maximum absolute atomic E-state index is 13.6. The van der Waals surface area contributed by atoms with Gasteiger partial charge in [0, 0.05) is 12.7 Å². The van der Waals surface area contributed by atoms with E-state index in [1.54, 1.807) is 21.7 Å². The quantitative estimate of drug-likeness (QED) is 0.777. The van der Waals surface area contributed by atoms with Crippen molar-refractivity contribution >= 4 is 17.6 Å².